The Morgan fingerprint density at radius 2 is 2.00 bits per heavy atom. The van der Waals surface area contributed by atoms with E-state index in [0.717, 1.165) is 0 Å². The molecule has 0 amide bonds. The van der Waals surface area contributed by atoms with Gasteiger partial charge in [-0.25, -0.2) is 0 Å². The van der Waals surface area contributed by atoms with E-state index >= 15 is 0 Å². The standard InChI is InChI=1S/C6H11B/c1-4-6(2,3)5-7/h4-5,7H,1H2,2-3H3. The molecule has 0 heterocycles. The van der Waals surface area contributed by atoms with Crippen LogP contribution in [0.2, 0.25) is 0 Å². The maximum absolute atomic E-state index is 3.63. The number of allylic oxidation sites excluding steroid dienone is 1. The maximum atomic E-state index is 3.63. The van der Waals surface area contributed by atoms with Gasteiger partial charge < -0.3 is 0 Å². The molecule has 0 bridgehead atoms. The van der Waals surface area contributed by atoms with Crippen molar-refractivity contribution in [1.29, 1.82) is 0 Å². The second-order valence-electron chi connectivity index (χ2n) is 2.23. The van der Waals surface area contributed by atoms with Crippen LogP contribution >= 0.6 is 0 Å². The summed E-state index contributed by atoms with van der Waals surface area (Å²) in [6, 6.07) is 0. The molecule has 0 fully saturated rings. The zero-order valence-electron chi connectivity index (χ0n) is 5.07. The Morgan fingerprint density at radius 1 is 1.57 bits per heavy atom. The van der Waals surface area contributed by atoms with Gasteiger partial charge in [0.05, 0.1) is 0 Å². The van der Waals surface area contributed by atoms with Crippen molar-refractivity contribution in [3.8, 4) is 0 Å². The fraction of sp³-hybridized carbons (Fsp3) is 0.500. The van der Waals surface area contributed by atoms with Crippen molar-refractivity contribution in [2.45, 2.75) is 13.8 Å². The van der Waals surface area contributed by atoms with E-state index in [1.54, 1.807) is 0 Å². The van der Waals surface area contributed by atoms with Crippen LogP contribution in [0.15, 0.2) is 12.7 Å². The first-order chi connectivity index (χ1) is 3.12. The van der Waals surface area contributed by atoms with E-state index in [-0.39, 0.29) is 5.41 Å². The van der Waals surface area contributed by atoms with E-state index < -0.39 is 0 Å². The molecule has 0 aliphatic heterocycles. The molecule has 0 aliphatic rings. The summed E-state index contributed by atoms with van der Waals surface area (Å²) in [5.41, 5.74) is 0.111. The first kappa shape index (κ1) is 6.67. The summed E-state index contributed by atoms with van der Waals surface area (Å²) >= 11 is 0. The molecule has 1 heteroatoms. The van der Waals surface area contributed by atoms with Crippen molar-refractivity contribution in [3.63, 3.8) is 0 Å². The fourth-order valence-corrected chi connectivity index (χ4v) is 0.0833. The van der Waals surface area contributed by atoms with E-state index in [1.165, 1.54) is 0 Å². The van der Waals surface area contributed by atoms with Crippen molar-refractivity contribution >= 4 is 13.5 Å². The molecule has 0 spiro atoms. The zero-order valence-corrected chi connectivity index (χ0v) is 5.07. The SMILES string of the molecule is B=CC(C)(C)C=C. The van der Waals surface area contributed by atoms with Gasteiger partial charge in [-0.15, -0.1) is 0 Å². The number of rotatable bonds is 2. The molecule has 0 aliphatic carbocycles. The number of hydrogen-bond donors (Lipinski definition) is 0. The third-order valence-electron chi connectivity index (χ3n) is 1.05. The molecule has 0 saturated carbocycles. The van der Waals surface area contributed by atoms with E-state index in [2.05, 4.69) is 27.9 Å². The summed E-state index contributed by atoms with van der Waals surface area (Å²) < 4.78 is 0. The van der Waals surface area contributed by atoms with Gasteiger partial charge in [-0.3, -0.25) is 0 Å². The molecule has 0 aromatic rings. The molecule has 0 N–H and O–H groups in total. The van der Waals surface area contributed by atoms with Crippen molar-refractivity contribution in [3.05, 3.63) is 12.7 Å². The summed E-state index contributed by atoms with van der Waals surface area (Å²) in [7, 11) is 3.63. The van der Waals surface area contributed by atoms with Gasteiger partial charge in [-0.2, -0.15) is 0 Å². The average molecular weight is 94.0 g/mol. The Bertz CT molecular complexity index is 72.2. The number of hydrogen-bond acceptors (Lipinski definition) is 0. The van der Waals surface area contributed by atoms with Gasteiger partial charge in [0.2, 0.25) is 0 Å². The van der Waals surface area contributed by atoms with Gasteiger partial charge in [0.1, 0.15) is 0 Å². The topological polar surface area (TPSA) is 0 Å². The molecular weight excluding hydrogens is 82.9 g/mol. The quantitative estimate of drug-likeness (QED) is 0.352. The van der Waals surface area contributed by atoms with Crippen LogP contribution in [0.5, 0.6) is 0 Å². The van der Waals surface area contributed by atoms with E-state index in [9.17, 15) is 0 Å². The molecule has 0 nitrogen and oxygen atoms in total. The average Bonchev–Trinajstić information content (AvgIpc) is 1.68. The first-order valence-corrected chi connectivity index (χ1v) is 2.39. The zero-order chi connectivity index (χ0) is 5.91. The van der Waals surface area contributed by atoms with Crippen LogP contribution in [0.3, 0.4) is 0 Å². The van der Waals surface area contributed by atoms with Crippen LogP contribution < -0.4 is 0 Å². The van der Waals surface area contributed by atoms with Gasteiger partial charge in [0, 0.05) is 0 Å². The van der Waals surface area contributed by atoms with E-state index in [0.29, 0.717) is 0 Å². The van der Waals surface area contributed by atoms with Crippen molar-refractivity contribution in [1.82, 2.24) is 0 Å². The van der Waals surface area contributed by atoms with Crippen molar-refractivity contribution in [2.75, 3.05) is 0 Å². The fourth-order valence-electron chi connectivity index (χ4n) is 0.0833. The monoisotopic (exact) mass is 94.1 g/mol. The third-order valence-corrected chi connectivity index (χ3v) is 1.05. The molecule has 0 radical (unpaired) electrons. The van der Waals surface area contributed by atoms with Gasteiger partial charge in [0.15, 0.2) is 0 Å². The molecule has 7 heavy (non-hydrogen) atoms. The Kier molecular flexibility index (Phi) is 2.01. The second-order valence-corrected chi connectivity index (χ2v) is 2.23. The van der Waals surface area contributed by atoms with Crippen molar-refractivity contribution in [2.24, 2.45) is 5.41 Å². The Balaban J connectivity index is 3.82. The van der Waals surface area contributed by atoms with Gasteiger partial charge in [0.25, 0.3) is 0 Å². The summed E-state index contributed by atoms with van der Waals surface area (Å²) in [4.78, 5) is 0. The Hall–Kier alpha value is -0.325. The van der Waals surface area contributed by atoms with Crippen LogP contribution in [-0.2, 0) is 0 Å². The summed E-state index contributed by atoms with van der Waals surface area (Å²) in [5.74, 6) is 1.88. The second kappa shape index (κ2) is 2.11. The van der Waals surface area contributed by atoms with E-state index in [1.807, 2.05) is 12.0 Å². The summed E-state index contributed by atoms with van der Waals surface area (Å²) in [5, 5.41) is 0. The predicted octanol–water partition coefficient (Wildman–Crippen LogP) is 0.902. The molecular formula is C6H11B. The third kappa shape index (κ3) is 2.38. The molecule has 0 aromatic heterocycles. The summed E-state index contributed by atoms with van der Waals surface area (Å²) in [6.07, 6.45) is 1.88. The predicted molar refractivity (Wildman–Crippen MR) is 37.2 cm³/mol. The van der Waals surface area contributed by atoms with E-state index in [4.69, 9.17) is 0 Å². The molecule has 0 rings (SSSR count). The van der Waals surface area contributed by atoms with Crippen LogP contribution in [-0.4, -0.2) is 13.5 Å². The van der Waals surface area contributed by atoms with Crippen molar-refractivity contribution < 1.29 is 0 Å². The molecule has 0 atom stereocenters. The molecule has 0 saturated heterocycles. The molecule has 0 aromatic carbocycles. The van der Waals surface area contributed by atoms with Gasteiger partial charge in [-0.05, 0) is 0 Å². The van der Waals surface area contributed by atoms with Crippen LogP contribution in [0.25, 0.3) is 0 Å². The van der Waals surface area contributed by atoms with Gasteiger partial charge in [-0.1, -0.05) is 0 Å². The minimum atomic E-state index is 0.111. The van der Waals surface area contributed by atoms with Crippen LogP contribution in [0.1, 0.15) is 13.8 Å². The minimum absolute atomic E-state index is 0.111. The Morgan fingerprint density at radius 3 is 2.00 bits per heavy atom. The van der Waals surface area contributed by atoms with Crippen LogP contribution in [0, 0.1) is 5.41 Å². The van der Waals surface area contributed by atoms with Gasteiger partial charge >= 0.3 is 45.4 Å². The summed E-state index contributed by atoms with van der Waals surface area (Å²) in [6.45, 7) is 7.76. The first-order valence-electron chi connectivity index (χ1n) is 2.39. The molecule has 38 valence electrons. The van der Waals surface area contributed by atoms with Crippen LogP contribution in [0.4, 0.5) is 0 Å². The molecule has 0 unspecified atom stereocenters. The Labute approximate surface area is 46.3 Å². The normalized spacial score (nSPS) is 10.4.